The Hall–Kier alpha value is -3.20. The molecule has 3 atom stereocenters. The summed E-state index contributed by atoms with van der Waals surface area (Å²) < 4.78 is 29.7. The summed E-state index contributed by atoms with van der Waals surface area (Å²) in [6.45, 7) is 2.11. The predicted octanol–water partition coefficient (Wildman–Crippen LogP) is 3.56. The Morgan fingerprint density at radius 1 is 1.21 bits per heavy atom. The minimum absolute atomic E-state index is 0.00960. The number of halogens is 1. The maximum atomic E-state index is 13.5. The van der Waals surface area contributed by atoms with Gasteiger partial charge in [-0.2, -0.15) is 0 Å². The van der Waals surface area contributed by atoms with E-state index in [1.165, 1.54) is 18.2 Å². The van der Waals surface area contributed by atoms with Gasteiger partial charge in [-0.3, -0.25) is 14.4 Å². The number of esters is 1. The fourth-order valence-corrected chi connectivity index (χ4v) is 4.55. The zero-order chi connectivity index (χ0) is 24.1. The summed E-state index contributed by atoms with van der Waals surface area (Å²) >= 11 is 0. The lowest BCUT2D eigenvalue weighted by molar-refractivity contribution is -0.164. The molecule has 182 valence electrons. The maximum Gasteiger partial charge on any atom is 0.310 e. The number of hydrogen-bond acceptors (Lipinski definition) is 6. The second kappa shape index (κ2) is 10.8. The molecule has 2 amide bonds. The molecule has 2 aliphatic rings. The van der Waals surface area contributed by atoms with Crippen molar-refractivity contribution >= 4 is 17.8 Å². The number of benzene rings is 1. The number of nitrogens with one attached hydrogen (secondary N) is 2. The van der Waals surface area contributed by atoms with E-state index in [0.717, 1.165) is 25.7 Å². The molecule has 4 rings (SSSR count). The van der Waals surface area contributed by atoms with Gasteiger partial charge in [0.25, 0.3) is 5.91 Å². The Morgan fingerprint density at radius 3 is 2.74 bits per heavy atom. The molecular weight excluding hydrogens is 443 g/mol. The molecule has 2 fully saturated rings. The Morgan fingerprint density at radius 2 is 2.00 bits per heavy atom. The van der Waals surface area contributed by atoms with Gasteiger partial charge in [0.05, 0.1) is 6.42 Å². The van der Waals surface area contributed by atoms with E-state index >= 15 is 0 Å². The first-order valence-corrected chi connectivity index (χ1v) is 11.7. The summed E-state index contributed by atoms with van der Waals surface area (Å²) in [5.74, 6) is -1.10. The minimum atomic E-state index is -0.844. The first kappa shape index (κ1) is 23.9. The van der Waals surface area contributed by atoms with Crippen LogP contribution in [0.1, 0.15) is 56.0 Å². The van der Waals surface area contributed by atoms with Crippen LogP contribution in [0.3, 0.4) is 0 Å². The van der Waals surface area contributed by atoms with Crippen LogP contribution in [0.25, 0.3) is 11.3 Å². The van der Waals surface area contributed by atoms with Crippen molar-refractivity contribution in [1.82, 2.24) is 10.6 Å². The molecule has 1 aromatic heterocycles. The average Bonchev–Trinajstić information content (AvgIpc) is 3.56. The van der Waals surface area contributed by atoms with Crippen LogP contribution in [0.4, 0.5) is 4.39 Å². The van der Waals surface area contributed by atoms with Crippen LogP contribution in [-0.2, 0) is 19.1 Å². The lowest BCUT2D eigenvalue weighted by Gasteiger charge is -2.24. The third-order valence-electron chi connectivity index (χ3n) is 6.23. The second-order valence-electron chi connectivity index (χ2n) is 8.72. The maximum absolute atomic E-state index is 13.5. The van der Waals surface area contributed by atoms with Crippen LogP contribution in [0, 0.1) is 11.7 Å². The molecule has 2 N–H and O–H groups in total. The van der Waals surface area contributed by atoms with Crippen LogP contribution in [-0.4, -0.2) is 42.8 Å². The van der Waals surface area contributed by atoms with Crippen molar-refractivity contribution in [1.29, 1.82) is 0 Å². The van der Waals surface area contributed by atoms with Gasteiger partial charge in [0.1, 0.15) is 23.7 Å². The van der Waals surface area contributed by atoms with Crippen molar-refractivity contribution in [3.63, 3.8) is 0 Å². The lowest BCUT2D eigenvalue weighted by atomic mass is 9.97. The summed E-state index contributed by atoms with van der Waals surface area (Å²) in [5, 5.41) is 5.60. The van der Waals surface area contributed by atoms with Gasteiger partial charge in [0.2, 0.25) is 12.2 Å². The van der Waals surface area contributed by atoms with Gasteiger partial charge >= 0.3 is 5.97 Å². The van der Waals surface area contributed by atoms with Gasteiger partial charge in [-0.15, -0.1) is 0 Å². The lowest BCUT2D eigenvalue weighted by Crippen LogP contribution is -2.52. The molecule has 1 saturated carbocycles. The molecule has 1 aliphatic heterocycles. The van der Waals surface area contributed by atoms with E-state index in [4.69, 9.17) is 13.9 Å². The highest BCUT2D eigenvalue weighted by Gasteiger charge is 2.38. The number of rotatable bonds is 9. The number of hydrogen-bond donors (Lipinski definition) is 2. The molecule has 8 nitrogen and oxygen atoms in total. The van der Waals surface area contributed by atoms with Crippen LogP contribution < -0.4 is 10.6 Å². The average molecular weight is 473 g/mol. The molecule has 34 heavy (non-hydrogen) atoms. The van der Waals surface area contributed by atoms with Crippen LogP contribution in [0.5, 0.6) is 0 Å². The number of carbonyl (C=O) groups excluding carboxylic acids is 3. The van der Waals surface area contributed by atoms with Crippen LogP contribution in [0.2, 0.25) is 0 Å². The fraction of sp³-hybridized carbons (Fsp3) is 0.480. The number of furan rings is 1. The van der Waals surface area contributed by atoms with E-state index < -0.39 is 42.0 Å². The molecule has 2 unspecified atom stereocenters. The number of carbonyl (C=O) groups is 3. The number of cyclic esters (lactones) is 1. The van der Waals surface area contributed by atoms with Gasteiger partial charge in [0, 0.05) is 12.2 Å². The third-order valence-corrected chi connectivity index (χ3v) is 6.23. The van der Waals surface area contributed by atoms with Gasteiger partial charge in [-0.05, 0) is 43.5 Å². The first-order valence-electron chi connectivity index (χ1n) is 11.7. The molecule has 2 aromatic rings. The molecule has 1 saturated heterocycles. The Balaban J connectivity index is 1.45. The van der Waals surface area contributed by atoms with E-state index in [9.17, 15) is 18.8 Å². The van der Waals surface area contributed by atoms with Crippen molar-refractivity contribution in [3.05, 3.63) is 48.0 Å². The summed E-state index contributed by atoms with van der Waals surface area (Å²) in [6, 6.07) is 7.53. The quantitative estimate of drug-likeness (QED) is 0.541. The highest BCUT2D eigenvalue weighted by molar-refractivity contribution is 5.96. The highest BCUT2D eigenvalue weighted by Crippen LogP contribution is 2.29. The monoisotopic (exact) mass is 472 g/mol. The zero-order valence-corrected chi connectivity index (χ0v) is 19.1. The van der Waals surface area contributed by atoms with Gasteiger partial charge in [-0.25, -0.2) is 4.39 Å². The molecule has 0 radical (unpaired) electrons. The summed E-state index contributed by atoms with van der Waals surface area (Å²) in [6.07, 6.45) is 3.83. The Labute approximate surface area is 197 Å². The molecule has 2 heterocycles. The van der Waals surface area contributed by atoms with Crippen molar-refractivity contribution in [2.45, 2.75) is 63.8 Å². The third kappa shape index (κ3) is 5.83. The van der Waals surface area contributed by atoms with Crippen molar-refractivity contribution in [3.8, 4) is 11.3 Å². The minimum Gasteiger partial charge on any atom is -0.451 e. The molecule has 0 spiro atoms. The van der Waals surface area contributed by atoms with Crippen LogP contribution >= 0.6 is 0 Å². The summed E-state index contributed by atoms with van der Waals surface area (Å²) in [5.41, 5.74) is 0.507. The highest BCUT2D eigenvalue weighted by atomic mass is 19.1. The van der Waals surface area contributed by atoms with Gasteiger partial charge in [0.15, 0.2) is 5.76 Å². The van der Waals surface area contributed by atoms with Gasteiger partial charge in [-0.1, -0.05) is 37.8 Å². The number of ether oxygens (including phenoxy) is 2. The van der Waals surface area contributed by atoms with Crippen molar-refractivity contribution in [2.24, 2.45) is 5.92 Å². The molecular formula is C25H29FN2O6. The Kier molecular flexibility index (Phi) is 7.62. The second-order valence-corrected chi connectivity index (χ2v) is 8.72. The standard InChI is InChI=1S/C25H29FN2O6/c1-2-32-25-19(14-22(29)34-25)28-23(30)18(12-15-6-3-4-7-15)27-24(31)21-11-10-20(33-21)16-8-5-9-17(26)13-16/h5,8-11,13,15,18-19,25H,2-4,6-7,12,14H2,1H3,(H,27,31)(H,28,30)/t18-,19?,25?/m0/s1. The Bertz CT molecular complexity index is 1030. The smallest absolute Gasteiger partial charge is 0.310 e. The van der Waals surface area contributed by atoms with E-state index in [0.29, 0.717) is 30.3 Å². The molecule has 9 heteroatoms. The molecule has 1 aliphatic carbocycles. The van der Waals surface area contributed by atoms with E-state index in [1.54, 1.807) is 25.1 Å². The topological polar surface area (TPSA) is 107 Å². The normalized spacial score (nSPS) is 21.3. The van der Waals surface area contributed by atoms with Crippen molar-refractivity contribution < 1.29 is 32.7 Å². The van der Waals surface area contributed by atoms with E-state index in [1.807, 2.05) is 0 Å². The summed E-state index contributed by atoms with van der Waals surface area (Å²) in [7, 11) is 0. The van der Waals surface area contributed by atoms with Crippen molar-refractivity contribution in [2.75, 3.05) is 6.61 Å². The van der Waals surface area contributed by atoms with Gasteiger partial charge < -0.3 is 24.5 Å². The molecule has 0 bridgehead atoms. The summed E-state index contributed by atoms with van der Waals surface area (Å²) in [4.78, 5) is 37.8. The van der Waals surface area contributed by atoms with E-state index in [-0.39, 0.29) is 12.2 Å². The largest absolute Gasteiger partial charge is 0.451 e. The van der Waals surface area contributed by atoms with Crippen LogP contribution in [0.15, 0.2) is 40.8 Å². The van der Waals surface area contributed by atoms with E-state index in [2.05, 4.69) is 10.6 Å². The predicted molar refractivity (Wildman–Crippen MR) is 120 cm³/mol. The SMILES string of the molecule is CCOC1OC(=O)CC1NC(=O)[C@H](CC1CCCC1)NC(=O)c1ccc(-c2cccc(F)c2)o1. The fourth-order valence-electron chi connectivity index (χ4n) is 4.55. The first-order chi connectivity index (χ1) is 16.4. The zero-order valence-electron chi connectivity index (χ0n) is 19.1. The molecule has 1 aromatic carbocycles. The number of amides is 2.